The van der Waals surface area contributed by atoms with E-state index >= 15 is 0 Å². The standard InChI is InChI=1S/C14H21N3O3.ClH/c18-13(17-10-11-3-1-6-15-9-11)5-7-16-14(19)12-4-2-8-20-12;/h2,4,8,11,15H,1,3,5-7,9-10H2,(H,16,19)(H,17,18);1H. The first-order chi connectivity index (χ1) is 9.75. The van der Waals surface area contributed by atoms with Crippen molar-refractivity contribution < 1.29 is 14.0 Å². The molecule has 1 aliphatic heterocycles. The van der Waals surface area contributed by atoms with Crippen LogP contribution in [0.5, 0.6) is 0 Å². The molecule has 0 radical (unpaired) electrons. The van der Waals surface area contributed by atoms with Gasteiger partial charge in [0.2, 0.25) is 5.91 Å². The number of furan rings is 1. The summed E-state index contributed by atoms with van der Waals surface area (Å²) in [6, 6.07) is 3.24. The van der Waals surface area contributed by atoms with Gasteiger partial charge in [-0.05, 0) is 44.0 Å². The molecule has 0 aromatic carbocycles. The summed E-state index contributed by atoms with van der Waals surface area (Å²) >= 11 is 0. The van der Waals surface area contributed by atoms with E-state index in [4.69, 9.17) is 4.42 Å². The van der Waals surface area contributed by atoms with Crippen LogP contribution in [0.3, 0.4) is 0 Å². The number of hydrogen-bond donors (Lipinski definition) is 3. The molecule has 1 atom stereocenters. The van der Waals surface area contributed by atoms with E-state index in [1.807, 2.05) is 0 Å². The molecule has 0 spiro atoms. The first-order valence-electron chi connectivity index (χ1n) is 7.05. The predicted molar refractivity (Wildman–Crippen MR) is 81.5 cm³/mol. The lowest BCUT2D eigenvalue weighted by Gasteiger charge is -2.22. The van der Waals surface area contributed by atoms with Crippen molar-refractivity contribution in [2.24, 2.45) is 5.92 Å². The van der Waals surface area contributed by atoms with Crippen LogP contribution in [0, 0.1) is 5.92 Å². The van der Waals surface area contributed by atoms with Crippen molar-refractivity contribution in [3.05, 3.63) is 24.2 Å². The summed E-state index contributed by atoms with van der Waals surface area (Å²) in [5.74, 6) is 0.457. The molecule has 1 aliphatic rings. The minimum Gasteiger partial charge on any atom is -0.459 e. The van der Waals surface area contributed by atoms with Gasteiger partial charge in [0, 0.05) is 19.5 Å². The Bertz CT molecular complexity index is 431. The van der Waals surface area contributed by atoms with Gasteiger partial charge in [0.25, 0.3) is 5.91 Å². The zero-order chi connectivity index (χ0) is 14.2. The number of nitrogens with one attached hydrogen (secondary N) is 3. The van der Waals surface area contributed by atoms with E-state index in [2.05, 4.69) is 16.0 Å². The molecule has 2 heterocycles. The first-order valence-corrected chi connectivity index (χ1v) is 7.05. The topological polar surface area (TPSA) is 83.4 Å². The predicted octanol–water partition coefficient (Wildman–Crippen LogP) is 0.937. The molecule has 3 N–H and O–H groups in total. The maximum atomic E-state index is 11.6. The van der Waals surface area contributed by atoms with Crippen LogP contribution in [0.2, 0.25) is 0 Å². The molecule has 1 fully saturated rings. The number of piperidine rings is 1. The summed E-state index contributed by atoms with van der Waals surface area (Å²) in [6.07, 6.45) is 4.05. The molecule has 1 unspecified atom stereocenters. The third kappa shape index (κ3) is 6.18. The highest BCUT2D eigenvalue weighted by atomic mass is 35.5. The number of halogens is 1. The van der Waals surface area contributed by atoms with E-state index in [-0.39, 0.29) is 36.4 Å². The highest BCUT2D eigenvalue weighted by Crippen LogP contribution is 2.08. The van der Waals surface area contributed by atoms with Gasteiger partial charge in [0.15, 0.2) is 5.76 Å². The highest BCUT2D eigenvalue weighted by molar-refractivity contribution is 5.91. The zero-order valence-electron chi connectivity index (χ0n) is 11.9. The molecule has 1 saturated heterocycles. The normalized spacial score (nSPS) is 17.6. The third-order valence-corrected chi connectivity index (χ3v) is 3.37. The largest absolute Gasteiger partial charge is 0.459 e. The average Bonchev–Trinajstić information content (AvgIpc) is 3.00. The van der Waals surface area contributed by atoms with Gasteiger partial charge in [0.05, 0.1) is 6.26 Å². The van der Waals surface area contributed by atoms with Crippen molar-refractivity contribution in [3.63, 3.8) is 0 Å². The van der Waals surface area contributed by atoms with E-state index in [1.54, 1.807) is 12.1 Å². The molecule has 1 aromatic heterocycles. The average molecular weight is 316 g/mol. The van der Waals surface area contributed by atoms with E-state index in [9.17, 15) is 9.59 Å². The van der Waals surface area contributed by atoms with Gasteiger partial charge < -0.3 is 20.4 Å². The monoisotopic (exact) mass is 315 g/mol. The van der Waals surface area contributed by atoms with Crippen LogP contribution < -0.4 is 16.0 Å². The fraction of sp³-hybridized carbons (Fsp3) is 0.571. The summed E-state index contributed by atoms with van der Waals surface area (Å²) < 4.78 is 4.96. The Kier molecular flexibility index (Phi) is 7.85. The van der Waals surface area contributed by atoms with Gasteiger partial charge in [-0.25, -0.2) is 0 Å². The molecule has 0 bridgehead atoms. The Morgan fingerprint density at radius 3 is 2.90 bits per heavy atom. The van der Waals surface area contributed by atoms with E-state index < -0.39 is 0 Å². The van der Waals surface area contributed by atoms with Gasteiger partial charge in [-0.1, -0.05) is 0 Å². The van der Waals surface area contributed by atoms with E-state index in [0.29, 0.717) is 19.0 Å². The minimum atomic E-state index is -0.292. The Morgan fingerprint density at radius 1 is 1.38 bits per heavy atom. The second-order valence-electron chi connectivity index (χ2n) is 5.00. The van der Waals surface area contributed by atoms with Crippen molar-refractivity contribution in [3.8, 4) is 0 Å². The third-order valence-electron chi connectivity index (χ3n) is 3.37. The molecular formula is C14H22ClN3O3. The molecule has 2 amide bonds. The van der Waals surface area contributed by atoms with Crippen LogP contribution in [0.4, 0.5) is 0 Å². The summed E-state index contributed by atoms with van der Waals surface area (Å²) in [5, 5.41) is 8.87. The summed E-state index contributed by atoms with van der Waals surface area (Å²) in [6.45, 7) is 3.06. The van der Waals surface area contributed by atoms with Crippen molar-refractivity contribution in [1.29, 1.82) is 0 Å². The number of carbonyl (C=O) groups is 2. The fourth-order valence-electron chi connectivity index (χ4n) is 2.23. The molecule has 0 aliphatic carbocycles. The lowest BCUT2D eigenvalue weighted by molar-refractivity contribution is -0.121. The lowest BCUT2D eigenvalue weighted by Crippen LogP contribution is -2.39. The van der Waals surface area contributed by atoms with Gasteiger partial charge in [0.1, 0.15) is 0 Å². The van der Waals surface area contributed by atoms with Crippen molar-refractivity contribution in [1.82, 2.24) is 16.0 Å². The number of carbonyl (C=O) groups excluding carboxylic acids is 2. The zero-order valence-corrected chi connectivity index (χ0v) is 12.7. The van der Waals surface area contributed by atoms with Crippen LogP contribution in [-0.4, -0.2) is 38.0 Å². The molecule has 7 heteroatoms. The van der Waals surface area contributed by atoms with E-state index in [1.165, 1.54) is 12.7 Å². The number of amides is 2. The number of rotatable bonds is 6. The van der Waals surface area contributed by atoms with Crippen LogP contribution >= 0.6 is 12.4 Å². The number of hydrogen-bond acceptors (Lipinski definition) is 4. The van der Waals surface area contributed by atoms with Crippen LogP contribution in [0.1, 0.15) is 29.8 Å². The van der Waals surface area contributed by atoms with Crippen molar-refractivity contribution >= 4 is 24.2 Å². The second-order valence-corrected chi connectivity index (χ2v) is 5.00. The molecular weight excluding hydrogens is 294 g/mol. The minimum absolute atomic E-state index is 0. The molecule has 6 nitrogen and oxygen atoms in total. The van der Waals surface area contributed by atoms with Crippen LogP contribution in [0.15, 0.2) is 22.8 Å². The summed E-state index contributed by atoms with van der Waals surface area (Å²) in [7, 11) is 0. The Balaban J connectivity index is 0.00000220. The van der Waals surface area contributed by atoms with Gasteiger partial charge in [-0.3, -0.25) is 9.59 Å². The lowest BCUT2D eigenvalue weighted by atomic mass is 10.00. The molecule has 21 heavy (non-hydrogen) atoms. The summed E-state index contributed by atoms with van der Waals surface area (Å²) in [4.78, 5) is 23.2. The smallest absolute Gasteiger partial charge is 0.286 e. The Labute approximate surface area is 130 Å². The SMILES string of the molecule is Cl.O=C(CCNC(=O)c1ccco1)NCC1CCCNC1. The maximum absolute atomic E-state index is 11.6. The second kappa shape index (κ2) is 9.41. The van der Waals surface area contributed by atoms with E-state index in [0.717, 1.165) is 19.5 Å². The highest BCUT2D eigenvalue weighted by Gasteiger charge is 2.14. The first kappa shape index (κ1) is 17.5. The fourth-order valence-corrected chi connectivity index (χ4v) is 2.23. The van der Waals surface area contributed by atoms with Crippen molar-refractivity contribution in [2.75, 3.05) is 26.2 Å². The summed E-state index contributed by atoms with van der Waals surface area (Å²) in [5.41, 5.74) is 0. The van der Waals surface area contributed by atoms with Gasteiger partial charge in [-0.2, -0.15) is 0 Å². The molecule has 0 saturated carbocycles. The Morgan fingerprint density at radius 2 is 2.24 bits per heavy atom. The quantitative estimate of drug-likeness (QED) is 0.729. The van der Waals surface area contributed by atoms with Gasteiger partial charge >= 0.3 is 0 Å². The molecule has 118 valence electrons. The van der Waals surface area contributed by atoms with Crippen LogP contribution in [0.25, 0.3) is 0 Å². The van der Waals surface area contributed by atoms with Crippen LogP contribution in [-0.2, 0) is 4.79 Å². The maximum Gasteiger partial charge on any atom is 0.286 e. The molecule has 2 rings (SSSR count). The van der Waals surface area contributed by atoms with Gasteiger partial charge in [-0.15, -0.1) is 12.4 Å². The van der Waals surface area contributed by atoms with Crippen molar-refractivity contribution in [2.45, 2.75) is 19.3 Å². The Hall–Kier alpha value is -1.53. The molecule has 1 aromatic rings.